The molecule has 122 valence electrons. The largest absolute Gasteiger partial charge is 0.381 e. The molecule has 2 aliphatic rings. The normalized spacial score (nSPS) is 22.1. The Bertz CT molecular complexity index is 530. The molecule has 2 heterocycles. The van der Waals surface area contributed by atoms with E-state index in [9.17, 15) is 0 Å². The molecule has 0 bridgehead atoms. The number of ether oxygens (including phenoxy) is 1. The molecule has 0 spiro atoms. The third-order valence-electron chi connectivity index (χ3n) is 4.38. The van der Waals surface area contributed by atoms with Gasteiger partial charge >= 0.3 is 0 Å². The molecular weight excluding hydrogens is 280 g/mol. The van der Waals surface area contributed by atoms with Gasteiger partial charge in [-0.1, -0.05) is 0 Å². The van der Waals surface area contributed by atoms with Gasteiger partial charge in [0.1, 0.15) is 12.4 Å². The Morgan fingerprint density at radius 3 is 2.82 bits per heavy atom. The number of aliphatic imine (C=N–C) groups is 1. The smallest absolute Gasteiger partial charge is 0.194 e. The topological polar surface area (TPSA) is 67.6 Å². The summed E-state index contributed by atoms with van der Waals surface area (Å²) in [4.78, 5) is 6.98. The minimum Gasteiger partial charge on any atom is -0.381 e. The summed E-state index contributed by atoms with van der Waals surface area (Å²) in [5.74, 6) is 3.38. The van der Waals surface area contributed by atoms with Gasteiger partial charge < -0.3 is 19.5 Å². The zero-order valence-corrected chi connectivity index (χ0v) is 13.7. The average molecular weight is 306 g/mol. The quantitative estimate of drug-likeness (QED) is 0.641. The molecule has 1 saturated carbocycles. The van der Waals surface area contributed by atoms with Crippen molar-refractivity contribution in [3.63, 3.8) is 0 Å². The molecule has 22 heavy (non-hydrogen) atoms. The van der Waals surface area contributed by atoms with Gasteiger partial charge in [0.25, 0.3) is 0 Å². The first-order valence-electron chi connectivity index (χ1n) is 8.08. The fourth-order valence-electron chi connectivity index (χ4n) is 2.62. The van der Waals surface area contributed by atoms with Crippen molar-refractivity contribution in [3.05, 3.63) is 11.6 Å². The van der Waals surface area contributed by atoms with Crippen LogP contribution in [0.4, 0.5) is 0 Å². The van der Waals surface area contributed by atoms with Crippen LogP contribution in [0.1, 0.15) is 30.9 Å². The standard InChI is InChI=1S/C15H26N6O/c1-11-18-19-14(21(11)3)8-16-15(17-13-4-5-13)20(2)9-12-6-7-22-10-12/h12-13H,4-10H2,1-3H3,(H,16,17). The summed E-state index contributed by atoms with van der Waals surface area (Å²) in [6, 6.07) is 0.585. The molecule has 1 aliphatic heterocycles. The number of guanidine groups is 1. The lowest BCUT2D eigenvalue weighted by Gasteiger charge is -2.24. The van der Waals surface area contributed by atoms with Gasteiger partial charge in [-0.15, -0.1) is 10.2 Å². The van der Waals surface area contributed by atoms with E-state index in [2.05, 4.69) is 27.5 Å². The molecule has 0 aromatic carbocycles. The molecule has 1 aromatic rings. The van der Waals surface area contributed by atoms with Gasteiger partial charge in [0, 0.05) is 39.2 Å². The zero-order chi connectivity index (χ0) is 15.5. The molecule has 1 N–H and O–H groups in total. The van der Waals surface area contributed by atoms with Crippen LogP contribution in [-0.4, -0.2) is 58.5 Å². The van der Waals surface area contributed by atoms with Gasteiger partial charge in [0.2, 0.25) is 0 Å². The van der Waals surface area contributed by atoms with Crippen molar-refractivity contribution in [2.24, 2.45) is 18.0 Å². The molecule has 7 nitrogen and oxygen atoms in total. The van der Waals surface area contributed by atoms with E-state index in [1.165, 1.54) is 12.8 Å². The van der Waals surface area contributed by atoms with E-state index in [1.807, 2.05) is 18.5 Å². The number of hydrogen-bond donors (Lipinski definition) is 1. The minimum atomic E-state index is 0.553. The maximum absolute atomic E-state index is 5.47. The SMILES string of the molecule is Cc1nnc(CN=C(NC2CC2)N(C)CC2CCOC2)n1C. The summed E-state index contributed by atoms with van der Waals surface area (Å²) in [7, 11) is 4.09. The molecule has 1 aliphatic carbocycles. The molecular formula is C15H26N6O. The highest BCUT2D eigenvalue weighted by Crippen LogP contribution is 2.20. The summed E-state index contributed by atoms with van der Waals surface area (Å²) in [5, 5.41) is 11.8. The highest BCUT2D eigenvalue weighted by Gasteiger charge is 2.25. The summed E-state index contributed by atoms with van der Waals surface area (Å²) < 4.78 is 7.46. The second-order valence-electron chi connectivity index (χ2n) is 6.39. The first-order valence-corrected chi connectivity index (χ1v) is 8.08. The Morgan fingerprint density at radius 2 is 2.23 bits per heavy atom. The molecule has 3 rings (SSSR count). The fourth-order valence-corrected chi connectivity index (χ4v) is 2.62. The summed E-state index contributed by atoms with van der Waals surface area (Å²) in [6.45, 7) is 5.24. The van der Waals surface area contributed by atoms with Crippen molar-refractivity contribution in [2.45, 2.75) is 38.8 Å². The Labute approximate surface area is 131 Å². The van der Waals surface area contributed by atoms with E-state index in [4.69, 9.17) is 9.73 Å². The lowest BCUT2D eigenvalue weighted by Crippen LogP contribution is -2.42. The molecule has 1 unspecified atom stereocenters. The third-order valence-corrected chi connectivity index (χ3v) is 4.38. The molecule has 1 atom stereocenters. The lowest BCUT2D eigenvalue weighted by molar-refractivity contribution is 0.181. The Morgan fingerprint density at radius 1 is 1.41 bits per heavy atom. The van der Waals surface area contributed by atoms with E-state index in [1.54, 1.807) is 0 Å². The van der Waals surface area contributed by atoms with Crippen LogP contribution in [0.3, 0.4) is 0 Å². The monoisotopic (exact) mass is 306 g/mol. The molecule has 0 radical (unpaired) electrons. The van der Waals surface area contributed by atoms with Crippen LogP contribution in [0, 0.1) is 12.8 Å². The Hall–Kier alpha value is -1.63. The summed E-state index contributed by atoms with van der Waals surface area (Å²) in [6.07, 6.45) is 3.62. The number of hydrogen-bond acceptors (Lipinski definition) is 4. The molecule has 0 amide bonds. The van der Waals surface area contributed by atoms with E-state index in [-0.39, 0.29) is 0 Å². The van der Waals surface area contributed by atoms with E-state index >= 15 is 0 Å². The second kappa shape index (κ2) is 6.64. The van der Waals surface area contributed by atoms with Crippen LogP contribution >= 0.6 is 0 Å². The van der Waals surface area contributed by atoms with Crippen molar-refractivity contribution in [3.8, 4) is 0 Å². The third kappa shape index (κ3) is 3.76. The van der Waals surface area contributed by atoms with Gasteiger partial charge in [-0.05, 0) is 26.2 Å². The van der Waals surface area contributed by atoms with Crippen LogP contribution in [0.15, 0.2) is 4.99 Å². The van der Waals surface area contributed by atoms with Gasteiger partial charge in [-0.3, -0.25) is 0 Å². The van der Waals surface area contributed by atoms with Crippen molar-refractivity contribution >= 4 is 5.96 Å². The van der Waals surface area contributed by atoms with Crippen molar-refractivity contribution in [2.75, 3.05) is 26.8 Å². The van der Waals surface area contributed by atoms with Crippen molar-refractivity contribution in [1.82, 2.24) is 25.0 Å². The first kappa shape index (κ1) is 15.3. The van der Waals surface area contributed by atoms with Gasteiger partial charge in [0.05, 0.1) is 6.61 Å². The summed E-state index contributed by atoms with van der Waals surface area (Å²) in [5.41, 5.74) is 0. The van der Waals surface area contributed by atoms with Crippen LogP contribution in [0.5, 0.6) is 0 Å². The summed E-state index contributed by atoms with van der Waals surface area (Å²) >= 11 is 0. The van der Waals surface area contributed by atoms with Gasteiger partial charge in [-0.25, -0.2) is 4.99 Å². The maximum atomic E-state index is 5.47. The van der Waals surface area contributed by atoms with Gasteiger partial charge in [-0.2, -0.15) is 0 Å². The average Bonchev–Trinajstić information content (AvgIpc) is 3.08. The predicted octanol–water partition coefficient (Wildman–Crippen LogP) is 0.700. The lowest BCUT2D eigenvalue weighted by atomic mass is 10.1. The van der Waals surface area contributed by atoms with E-state index in [0.29, 0.717) is 18.5 Å². The number of nitrogens with zero attached hydrogens (tertiary/aromatic N) is 5. The Balaban J connectivity index is 1.64. The first-order chi connectivity index (χ1) is 10.6. The number of nitrogens with one attached hydrogen (secondary N) is 1. The highest BCUT2D eigenvalue weighted by atomic mass is 16.5. The number of aryl methyl sites for hydroxylation is 1. The predicted molar refractivity (Wildman–Crippen MR) is 84.6 cm³/mol. The Kier molecular flexibility index (Phi) is 4.61. The van der Waals surface area contributed by atoms with E-state index < -0.39 is 0 Å². The van der Waals surface area contributed by atoms with Crippen LogP contribution in [-0.2, 0) is 18.3 Å². The van der Waals surface area contributed by atoms with Crippen LogP contribution < -0.4 is 5.32 Å². The molecule has 1 saturated heterocycles. The van der Waals surface area contributed by atoms with E-state index in [0.717, 1.165) is 43.8 Å². The fraction of sp³-hybridized carbons (Fsp3) is 0.800. The minimum absolute atomic E-state index is 0.553. The second-order valence-corrected chi connectivity index (χ2v) is 6.39. The zero-order valence-electron chi connectivity index (χ0n) is 13.7. The van der Waals surface area contributed by atoms with Gasteiger partial charge in [0.15, 0.2) is 11.8 Å². The van der Waals surface area contributed by atoms with Crippen LogP contribution in [0.25, 0.3) is 0 Å². The molecule has 1 aromatic heterocycles. The highest BCUT2D eigenvalue weighted by molar-refractivity contribution is 5.80. The van der Waals surface area contributed by atoms with Crippen LogP contribution in [0.2, 0.25) is 0 Å². The number of aromatic nitrogens is 3. The number of rotatable bonds is 5. The van der Waals surface area contributed by atoms with Crippen molar-refractivity contribution in [1.29, 1.82) is 0 Å². The molecule has 7 heteroatoms. The maximum Gasteiger partial charge on any atom is 0.194 e. The van der Waals surface area contributed by atoms with Crippen molar-refractivity contribution < 1.29 is 4.74 Å². The molecule has 2 fully saturated rings.